The lowest BCUT2D eigenvalue weighted by Crippen LogP contribution is -1.89. The summed E-state index contributed by atoms with van der Waals surface area (Å²) in [6.07, 6.45) is 1.36. The van der Waals surface area contributed by atoms with E-state index in [1.165, 1.54) is 6.20 Å². The van der Waals surface area contributed by atoms with E-state index in [-0.39, 0.29) is 0 Å². The number of halogens is 1. The van der Waals surface area contributed by atoms with Crippen molar-refractivity contribution in [3.8, 4) is 11.4 Å². The molecule has 2 aromatic rings. The molecule has 0 aliphatic heterocycles. The summed E-state index contributed by atoms with van der Waals surface area (Å²) in [5.41, 5.74) is 0.925. The van der Waals surface area contributed by atoms with Crippen molar-refractivity contribution in [2.24, 2.45) is 7.05 Å². The lowest BCUT2D eigenvalue weighted by Gasteiger charge is -1.99. The molecule has 0 spiro atoms. The van der Waals surface area contributed by atoms with Gasteiger partial charge >= 0.3 is 0 Å². The quantitative estimate of drug-likeness (QED) is 0.651. The first-order valence-corrected chi connectivity index (χ1v) is 4.01. The zero-order chi connectivity index (χ0) is 9.26. The molecule has 0 radical (unpaired) electrons. The standard InChI is InChI=1S/C10H9FN2/c1-13-7-9(11)12-10(13)8-5-3-2-4-6-8/h2-7H,1H3. The van der Waals surface area contributed by atoms with Gasteiger partial charge in [-0.15, -0.1) is 0 Å². The Balaban J connectivity index is 2.53. The van der Waals surface area contributed by atoms with Gasteiger partial charge in [-0.25, -0.2) is 4.98 Å². The summed E-state index contributed by atoms with van der Waals surface area (Å²) in [6, 6.07) is 9.54. The molecule has 0 fully saturated rings. The van der Waals surface area contributed by atoms with Crippen molar-refractivity contribution in [1.82, 2.24) is 9.55 Å². The van der Waals surface area contributed by atoms with Crippen molar-refractivity contribution < 1.29 is 4.39 Å². The number of aryl methyl sites for hydroxylation is 1. The minimum atomic E-state index is -0.443. The molecule has 13 heavy (non-hydrogen) atoms. The minimum absolute atomic E-state index is 0.443. The van der Waals surface area contributed by atoms with Crippen LogP contribution in [0.1, 0.15) is 0 Å². The van der Waals surface area contributed by atoms with Crippen LogP contribution in [0.4, 0.5) is 4.39 Å². The molecule has 0 aliphatic carbocycles. The fraction of sp³-hybridized carbons (Fsp3) is 0.100. The van der Waals surface area contributed by atoms with E-state index in [4.69, 9.17) is 0 Å². The third-order valence-corrected chi connectivity index (χ3v) is 1.88. The molecule has 0 aliphatic rings. The van der Waals surface area contributed by atoms with E-state index >= 15 is 0 Å². The number of benzene rings is 1. The normalized spacial score (nSPS) is 10.3. The molecule has 1 aromatic carbocycles. The van der Waals surface area contributed by atoms with Crippen LogP contribution in [-0.4, -0.2) is 9.55 Å². The smallest absolute Gasteiger partial charge is 0.231 e. The van der Waals surface area contributed by atoms with Gasteiger partial charge in [-0.05, 0) is 0 Å². The topological polar surface area (TPSA) is 17.8 Å². The first kappa shape index (κ1) is 7.98. The average Bonchev–Trinajstić information content (AvgIpc) is 2.47. The average molecular weight is 176 g/mol. The first-order valence-electron chi connectivity index (χ1n) is 4.01. The minimum Gasteiger partial charge on any atom is -0.331 e. The molecule has 3 heteroatoms. The number of imidazole rings is 1. The largest absolute Gasteiger partial charge is 0.331 e. The molecule has 1 heterocycles. The predicted molar refractivity (Wildman–Crippen MR) is 48.6 cm³/mol. The van der Waals surface area contributed by atoms with Gasteiger partial charge in [-0.3, -0.25) is 0 Å². The Morgan fingerprint density at radius 2 is 1.92 bits per heavy atom. The van der Waals surface area contributed by atoms with E-state index in [1.54, 1.807) is 11.6 Å². The van der Waals surface area contributed by atoms with Gasteiger partial charge in [0.25, 0.3) is 0 Å². The Hall–Kier alpha value is -1.64. The Labute approximate surface area is 75.7 Å². The summed E-state index contributed by atoms with van der Waals surface area (Å²) in [6.45, 7) is 0. The van der Waals surface area contributed by atoms with Crippen LogP contribution < -0.4 is 0 Å². The molecular formula is C10H9FN2. The maximum absolute atomic E-state index is 12.7. The highest BCUT2D eigenvalue weighted by atomic mass is 19.1. The highest BCUT2D eigenvalue weighted by Gasteiger charge is 2.05. The molecular weight excluding hydrogens is 167 g/mol. The van der Waals surface area contributed by atoms with E-state index in [0.717, 1.165) is 5.56 Å². The molecule has 0 saturated heterocycles. The molecule has 0 N–H and O–H groups in total. The van der Waals surface area contributed by atoms with Crippen molar-refractivity contribution in [2.45, 2.75) is 0 Å². The summed E-state index contributed by atoms with van der Waals surface area (Å²) in [4.78, 5) is 3.78. The zero-order valence-corrected chi connectivity index (χ0v) is 7.24. The van der Waals surface area contributed by atoms with Gasteiger partial charge in [-0.2, -0.15) is 4.39 Å². The van der Waals surface area contributed by atoms with Gasteiger partial charge in [0, 0.05) is 12.6 Å². The van der Waals surface area contributed by atoms with Crippen LogP contribution in [0.5, 0.6) is 0 Å². The summed E-state index contributed by atoms with van der Waals surface area (Å²) < 4.78 is 14.4. The second-order valence-corrected chi connectivity index (χ2v) is 2.86. The Bertz CT molecular complexity index is 406. The predicted octanol–water partition coefficient (Wildman–Crippen LogP) is 2.23. The molecule has 2 rings (SSSR count). The lowest BCUT2D eigenvalue weighted by molar-refractivity contribution is 0.589. The molecule has 0 atom stereocenters. The van der Waals surface area contributed by atoms with Crippen molar-refractivity contribution in [3.63, 3.8) is 0 Å². The maximum Gasteiger partial charge on any atom is 0.231 e. The molecule has 0 bridgehead atoms. The van der Waals surface area contributed by atoms with Crippen LogP contribution in [0.3, 0.4) is 0 Å². The van der Waals surface area contributed by atoms with E-state index in [1.807, 2.05) is 30.3 Å². The lowest BCUT2D eigenvalue weighted by atomic mass is 10.2. The first-order chi connectivity index (χ1) is 6.27. The Morgan fingerprint density at radius 1 is 1.23 bits per heavy atom. The Kier molecular flexibility index (Phi) is 1.85. The van der Waals surface area contributed by atoms with Crippen molar-refractivity contribution in [1.29, 1.82) is 0 Å². The van der Waals surface area contributed by atoms with E-state index in [2.05, 4.69) is 4.98 Å². The van der Waals surface area contributed by atoms with E-state index in [0.29, 0.717) is 5.82 Å². The van der Waals surface area contributed by atoms with Gasteiger partial charge in [0.1, 0.15) is 5.82 Å². The summed E-state index contributed by atoms with van der Waals surface area (Å²) in [7, 11) is 1.78. The van der Waals surface area contributed by atoms with Crippen LogP contribution in [0.15, 0.2) is 36.5 Å². The molecule has 0 amide bonds. The molecule has 1 aromatic heterocycles. The van der Waals surface area contributed by atoms with Gasteiger partial charge in [0.15, 0.2) is 0 Å². The molecule has 2 nitrogen and oxygen atoms in total. The van der Waals surface area contributed by atoms with E-state index < -0.39 is 5.95 Å². The van der Waals surface area contributed by atoms with E-state index in [9.17, 15) is 4.39 Å². The van der Waals surface area contributed by atoms with Gasteiger partial charge in [0.2, 0.25) is 5.95 Å². The number of hydrogen-bond acceptors (Lipinski definition) is 1. The van der Waals surface area contributed by atoms with Crippen LogP contribution >= 0.6 is 0 Å². The van der Waals surface area contributed by atoms with Crippen molar-refractivity contribution in [2.75, 3.05) is 0 Å². The van der Waals surface area contributed by atoms with Crippen LogP contribution in [0.25, 0.3) is 11.4 Å². The van der Waals surface area contributed by atoms with Crippen molar-refractivity contribution in [3.05, 3.63) is 42.5 Å². The molecule has 0 unspecified atom stereocenters. The maximum atomic E-state index is 12.7. The van der Waals surface area contributed by atoms with Gasteiger partial charge in [0.05, 0.1) is 6.20 Å². The van der Waals surface area contributed by atoms with Crippen LogP contribution in [0, 0.1) is 5.95 Å². The fourth-order valence-electron chi connectivity index (χ4n) is 1.29. The Morgan fingerprint density at radius 3 is 2.46 bits per heavy atom. The number of rotatable bonds is 1. The SMILES string of the molecule is Cn1cc(F)nc1-c1ccccc1. The monoisotopic (exact) mass is 176 g/mol. The number of aromatic nitrogens is 2. The second-order valence-electron chi connectivity index (χ2n) is 2.86. The zero-order valence-electron chi connectivity index (χ0n) is 7.24. The second kappa shape index (κ2) is 3.01. The van der Waals surface area contributed by atoms with Crippen molar-refractivity contribution >= 4 is 0 Å². The molecule has 0 saturated carbocycles. The summed E-state index contributed by atoms with van der Waals surface area (Å²) >= 11 is 0. The molecule has 66 valence electrons. The highest BCUT2D eigenvalue weighted by molar-refractivity contribution is 5.54. The highest BCUT2D eigenvalue weighted by Crippen LogP contribution is 2.16. The van der Waals surface area contributed by atoms with Gasteiger partial charge in [-0.1, -0.05) is 30.3 Å². The van der Waals surface area contributed by atoms with Crippen LogP contribution in [-0.2, 0) is 7.05 Å². The third kappa shape index (κ3) is 1.45. The number of nitrogens with zero attached hydrogens (tertiary/aromatic N) is 2. The third-order valence-electron chi connectivity index (χ3n) is 1.88. The number of hydrogen-bond donors (Lipinski definition) is 0. The van der Waals surface area contributed by atoms with Crippen LogP contribution in [0.2, 0.25) is 0 Å². The summed E-state index contributed by atoms with van der Waals surface area (Å²) in [5.74, 6) is 0.208. The summed E-state index contributed by atoms with van der Waals surface area (Å²) in [5, 5.41) is 0. The van der Waals surface area contributed by atoms with Gasteiger partial charge < -0.3 is 4.57 Å². The fourth-order valence-corrected chi connectivity index (χ4v) is 1.29.